The molecule has 0 aliphatic carbocycles. The second-order valence-electron chi connectivity index (χ2n) is 6.46. The van der Waals surface area contributed by atoms with Gasteiger partial charge in [0.05, 0.1) is 29.8 Å². The predicted octanol–water partition coefficient (Wildman–Crippen LogP) is 3.63. The van der Waals surface area contributed by atoms with Crippen molar-refractivity contribution in [3.05, 3.63) is 63.6 Å². The zero-order valence-corrected chi connectivity index (χ0v) is 16.0. The lowest BCUT2D eigenvalue weighted by atomic mass is 10.0. The Morgan fingerprint density at radius 1 is 1.23 bits per heavy atom. The first kappa shape index (κ1) is 18.5. The van der Waals surface area contributed by atoms with E-state index in [9.17, 15) is 9.90 Å². The van der Waals surface area contributed by atoms with Crippen molar-refractivity contribution in [3.63, 3.8) is 0 Å². The number of rotatable bonds is 7. The van der Waals surface area contributed by atoms with E-state index < -0.39 is 0 Å². The molecule has 3 rings (SSSR count). The molecule has 0 spiro atoms. The molecule has 0 saturated carbocycles. The van der Waals surface area contributed by atoms with E-state index in [1.165, 1.54) is 16.3 Å². The Morgan fingerprint density at radius 3 is 2.77 bits per heavy atom. The molecule has 1 heterocycles. The van der Waals surface area contributed by atoms with Crippen LogP contribution in [0.3, 0.4) is 0 Å². The lowest BCUT2D eigenvalue weighted by Crippen LogP contribution is -2.37. The van der Waals surface area contributed by atoms with Crippen LogP contribution in [0.25, 0.3) is 10.8 Å². The minimum Gasteiger partial charge on any atom is -0.394 e. The molecule has 0 bridgehead atoms. The maximum Gasteiger partial charge on any atom is 0.225 e. The fourth-order valence-electron chi connectivity index (χ4n) is 3.04. The van der Waals surface area contributed by atoms with Gasteiger partial charge in [0.25, 0.3) is 0 Å². The molecule has 4 nitrogen and oxygen atoms in total. The van der Waals surface area contributed by atoms with E-state index in [1.54, 1.807) is 11.3 Å². The Labute approximate surface area is 157 Å². The van der Waals surface area contributed by atoms with Crippen molar-refractivity contribution in [2.24, 2.45) is 0 Å². The monoisotopic (exact) mass is 368 g/mol. The fraction of sp³-hybridized carbons (Fsp3) is 0.333. The number of hydrogen-bond acceptors (Lipinski definition) is 4. The Bertz CT molecular complexity index is 895. The van der Waals surface area contributed by atoms with Gasteiger partial charge in [-0.1, -0.05) is 49.4 Å². The average molecular weight is 369 g/mol. The first-order chi connectivity index (χ1) is 12.6. The van der Waals surface area contributed by atoms with Gasteiger partial charge in [-0.05, 0) is 29.7 Å². The predicted molar refractivity (Wildman–Crippen MR) is 107 cm³/mol. The van der Waals surface area contributed by atoms with Gasteiger partial charge in [0, 0.05) is 11.3 Å². The quantitative estimate of drug-likeness (QED) is 0.669. The number of benzene rings is 2. The van der Waals surface area contributed by atoms with Crippen molar-refractivity contribution < 1.29 is 9.90 Å². The normalized spacial score (nSPS) is 12.3. The number of aliphatic hydroxyl groups is 1. The number of aliphatic hydroxyl groups excluding tert-OH is 1. The topological polar surface area (TPSA) is 62.2 Å². The molecule has 0 fully saturated rings. The summed E-state index contributed by atoms with van der Waals surface area (Å²) in [7, 11) is 0. The molecular weight excluding hydrogens is 344 g/mol. The van der Waals surface area contributed by atoms with Gasteiger partial charge in [-0.2, -0.15) is 0 Å². The van der Waals surface area contributed by atoms with Crippen LogP contribution in [-0.2, 0) is 17.6 Å². The van der Waals surface area contributed by atoms with Crippen LogP contribution in [0.4, 0.5) is 0 Å². The van der Waals surface area contributed by atoms with Crippen molar-refractivity contribution in [2.75, 3.05) is 6.61 Å². The molecule has 2 aromatic carbocycles. The van der Waals surface area contributed by atoms with Crippen molar-refractivity contribution in [2.45, 2.75) is 39.2 Å². The van der Waals surface area contributed by atoms with E-state index in [0.29, 0.717) is 6.42 Å². The maximum atomic E-state index is 12.2. The Morgan fingerprint density at radius 2 is 2.00 bits per heavy atom. The number of amides is 1. The summed E-state index contributed by atoms with van der Waals surface area (Å²) in [5, 5.41) is 15.6. The van der Waals surface area contributed by atoms with Gasteiger partial charge < -0.3 is 10.4 Å². The number of aromatic nitrogens is 1. The molecule has 0 aliphatic rings. The molecule has 0 radical (unpaired) electrons. The van der Waals surface area contributed by atoms with Crippen LogP contribution in [0.15, 0.2) is 42.5 Å². The molecule has 1 amide bonds. The summed E-state index contributed by atoms with van der Waals surface area (Å²) in [4.78, 5) is 17.9. The summed E-state index contributed by atoms with van der Waals surface area (Å²) in [5.74, 6) is -0.0608. The Kier molecular flexibility index (Phi) is 6.01. The second kappa shape index (κ2) is 8.43. The third kappa shape index (κ3) is 4.29. The number of carbonyl (C=O) groups excluding carboxylic acids is 1. The third-order valence-corrected chi connectivity index (χ3v) is 5.72. The number of nitrogens with one attached hydrogen (secondary N) is 1. The number of thiazole rings is 1. The maximum absolute atomic E-state index is 12.2. The van der Waals surface area contributed by atoms with Crippen LogP contribution in [0.5, 0.6) is 0 Å². The Hall–Kier alpha value is -2.24. The highest BCUT2D eigenvalue weighted by molar-refractivity contribution is 7.11. The van der Waals surface area contributed by atoms with Gasteiger partial charge in [0.15, 0.2) is 0 Å². The molecule has 0 aliphatic heterocycles. The second-order valence-corrected chi connectivity index (χ2v) is 7.63. The molecule has 0 saturated heterocycles. The van der Waals surface area contributed by atoms with Gasteiger partial charge in [-0.25, -0.2) is 4.98 Å². The summed E-state index contributed by atoms with van der Waals surface area (Å²) in [6.07, 6.45) is 1.80. The van der Waals surface area contributed by atoms with Crippen LogP contribution in [-0.4, -0.2) is 28.6 Å². The molecule has 5 heteroatoms. The molecule has 1 atom stereocenters. The number of hydrogen-bond donors (Lipinski definition) is 2. The molecular formula is C21H24N2O2S. The fourth-order valence-corrected chi connectivity index (χ4v) is 4.13. The van der Waals surface area contributed by atoms with Gasteiger partial charge in [0.1, 0.15) is 0 Å². The molecule has 26 heavy (non-hydrogen) atoms. The van der Waals surface area contributed by atoms with E-state index >= 15 is 0 Å². The first-order valence-corrected chi connectivity index (χ1v) is 9.74. The number of carbonyl (C=O) groups is 1. The Balaban J connectivity index is 1.75. The molecule has 1 unspecified atom stereocenters. The lowest BCUT2D eigenvalue weighted by molar-refractivity contribution is -0.121. The zero-order valence-electron chi connectivity index (χ0n) is 15.2. The van der Waals surface area contributed by atoms with Crippen molar-refractivity contribution >= 4 is 28.0 Å². The van der Waals surface area contributed by atoms with Gasteiger partial charge in [-0.3, -0.25) is 4.79 Å². The van der Waals surface area contributed by atoms with Crippen LogP contribution in [0, 0.1) is 6.92 Å². The van der Waals surface area contributed by atoms with Crippen LogP contribution >= 0.6 is 11.3 Å². The minimum atomic E-state index is -0.175. The highest BCUT2D eigenvalue weighted by Gasteiger charge is 2.15. The summed E-state index contributed by atoms with van der Waals surface area (Å²) < 4.78 is 0. The van der Waals surface area contributed by atoms with Crippen molar-refractivity contribution in [1.29, 1.82) is 0 Å². The summed E-state index contributed by atoms with van der Waals surface area (Å²) in [5.41, 5.74) is 2.16. The molecule has 136 valence electrons. The number of aryl methyl sites for hydroxylation is 1. The third-order valence-electron chi connectivity index (χ3n) is 4.56. The lowest BCUT2D eigenvalue weighted by Gasteiger charge is -2.13. The van der Waals surface area contributed by atoms with Crippen LogP contribution in [0.2, 0.25) is 0 Å². The minimum absolute atomic E-state index is 0.0315. The van der Waals surface area contributed by atoms with E-state index in [0.717, 1.165) is 28.4 Å². The summed E-state index contributed by atoms with van der Waals surface area (Å²) in [6.45, 7) is 3.87. The zero-order chi connectivity index (χ0) is 18.5. The number of nitrogens with zero attached hydrogens (tertiary/aromatic N) is 1. The molecule has 2 N–H and O–H groups in total. The smallest absolute Gasteiger partial charge is 0.225 e. The van der Waals surface area contributed by atoms with Crippen LogP contribution in [0.1, 0.15) is 34.5 Å². The first-order valence-electron chi connectivity index (χ1n) is 8.92. The average Bonchev–Trinajstić information content (AvgIpc) is 2.99. The van der Waals surface area contributed by atoms with Crippen LogP contribution < -0.4 is 5.32 Å². The van der Waals surface area contributed by atoms with Gasteiger partial charge >= 0.3 is 0 Å². The van der Waals surface area contributed by atoms with Crippen molar-refractivity contribution in [3.8, 4) is 0 Å². The van der Waals surface area contributed by atoms with E-state index in [4.69, 9.17) is 0 Å². The highest BCUT2D eigenvalue weighted by atomic mass is 32.1. The summed E-state index contributed by atoms with van der Waals surface area (Å²) in [6, 6.07) is 14.5. The SMILES string of the molecule is CCC(CO)NC(=O)Cc1sc(Cc2cccc3ccccc23)nc1C. The molecule has 3 aromatic rings. The molecule has 1 aromatic heterocycles. The highest BCUT2D eigenvalue weighted by Crippen LogP contribution is 2.25. The number of fused-ring (bicyclic) bond motifs is 1. The summed E-state index contributed by atoms with van der Waals surface area (Å²) >= 11 is 1.60. The van der Waals surface area contributed by atoms with E-state index in [1.807, 2.05) is 19.9 Å². The van der Waals surface area contributed by atoms with Gasteiger partial charge in [0.2, 0.25) is 5.91 Å². The largest absolute Gasteiger partial charge is 0.394 e. The van der Waals surface area contributed by atoms with E-state index in [2.05, 4.69) is 46.7 Å². The van der Waals surface area contributed by atoms with E-state index in [-0.39, 0.29) is 18.6 Å². The van der Waals surface area contributed by atoms with Crippen molar-refractivity contribution in [1.82, 2.24) is 10.3 Å². The van der Waals surface area contributed by atoms with Gasteiger partial charge in [-0.15, -0.1) is 11.3 Å². The standard InChI is InChI=1S/C21H24N2O2S/c1-3-17(13-24)23-20(25)12-19-14(2)22-21(26-19)11-16-9-6-8-15-7-4-5-10-18(15)16/h4-10,17,24H,3,11-13H2,1-2H3,(H,23,25).